The number of rotatable bonds is 4. The predicted octanol–water partition coefficient (Wildman–Crippen LogP) is 3.75. The first-order valence-corrected chi connectivity index (χ1v) is 9.38. The van der Waals surface area contributed by atoms with Gasteiger partial charge in [0.25, 0.3) is 5.91 Å². The largest absolute Gasteiger partial charge is 0.322 e. The Balaban J connectivity index is 1.78. The molecule has 0 unspecified atom stereocenters. The molecule has 25 heavy (non-hydrogen) atoms. The molecule has 0 bridgehead atoms. The van der Waals surface area contributed by atoms with Gasteiger partial charge in [-0.1, -0.05) is 6.92 Å². The molecule has 1 aliphatic rings. The Bertz CT molecular complexity index is 807. The molecule has 5 nitrogen and oxygen atoms in total. The molecule has 1 aromatic heterocycles. The third-order valence-corrected chi connectivity index (χ3v) is 4.93. The standard InChI is InChI=1S/C19H21N3O2S/c1-3-25-18-12-15(8-9-20-18)19(24)21-16-6-7-17-14(11-16)5-4-10-22(17)13(2)23/h6-9,11-12H,3-5,10H2,1-2H3,(H,21,24). The molecule has 2 amide bonds. The van der Waals surface area contributed by atoms with Gasteiger partial charge in [-0.25, -0.2) is 4.98 Å². The second-order valence-corrected chi connectivity index (χ2v) is 7.17. The molecule has 6 heteroatoms. The number of hydrogen-bond acceptors (Lipinski definition) is 4. The number of nitrogens with one attached hydrogen (secondary N) is 1. The van der Waals surface area contributed by atoms with E-state index in [2.05, 4.69) is 17.2 Å². The van der Waals surface area contributed by atoms with Gasteiger partial charge in [0.1, 0.15) is 0 Å². The van der Waals surface area contributed by atoms with E-state index in [1.54, 1.807) is 41.9 Å². The molecule has 0 radical (unpaired) electrons. The second kappa shape index (κ2) is 7.70. The van der Waals surface area contributed by atoms with Crippen molar-refractivity contribution < 1.29 is 9.59 Å². The van der Waals surface area contributed by atoms with Gasteiger partial charge in [0.15, 0.2) is 0 Å². The molecular weight excluding hydrogens is 334 g/mol. The number of aryl methyl sites for hydroxylation is 1. The first-order valence-electron chi connectivity index (χ1n) is 8.39. The lowest BCUT2D eigenvalue weighted by atomic mass is 10.0. The highest BCUT2D eigenvalue weighted by molar-refractivity contribution is 7.99. The smallest absolute Gasteiger partial charge is 0.255 e. The lowest BCUT2D eigenvalue weighted by molar-refractivity contribution is -0.116. The molecule has 130 valence electrons. The molecule has 0 spiro atoms. The molecule has 0 atom stereocenters. The summed E-state index contributed by atoms with van der Waals surface area (Å²) in [6.07, 6.45) is 3.51. The van der Waals surface area contributed by atoms with Crippen molar-refractivity contribution in [1.82, 2.24) is 4.98 Å². The number of thioether (sulfide) groups is 1. The van der Waals surface area contributed by atoms with E-state index >= 15 is 0 Å². The highest BCUT2D eigenvalue weighted by Gasteiger charge is 2.20. The van der Waals surface area contributed by atoms with Crippen molar-refractivity contribution in [3.8, 4) is 0 Å². The lowest BCUT2D eigenvalue weighted by Gasteiger charge is -2.29. The number of carbonyl (C=O) groups is 2. The Labute approximate surface area is 151 Å². The van der Waals surface area contributed by atoms with Crippen LogP contribution in [0.1, 0.15) is 36.2 Å². The van der Waals surface area contributed by atoms with Crippen molar-refractivity contribution >= 4 is 35.0 Å². The van der Waals surface area contributed by atoms with Gasteiger partial charge in [0.05, 0.1) is 5.03 Å². The first kappa shape index (κ1) is 17.5. The first-order chi connectivity index (χ1) is 12.1. The van der Waals surface area contributed by atoms with E-state index in [0.29, 0.717) is 5.56 Å². The fraction of sp³-hybridized carbons (Fsp3) is 0.316. The van der Waals surface area contributed by atoms with Crippen LogP contribution in [-0.4, -0.2) is 29.1 Å². The van der Waals surface area contributed by atoms with Crippen molar-refractivity contribution in [3.05, 3.63) is 47.7 Å². The summed E-state index contributed by atoms with van der Waals surface area (Å²) < 4.78 is 0. The van der Waals surface area contributed by atoms with Crippen molar-refractivity contribution in [2.45, 2.75) is 31.7 Å². The van der Waals surface area contributed by atoms with Crippen LogP contribution in [0.15, 0.2) is 41.6 Å². The Hall–Kier alpha value is -2.34. The molecule has 1 aliphatic heterocycles. The number of pyridine rings is 1. The molecule has 1 N–H and O–H groups in total. The summed E-state index contributed by atoms with van der Waals surface area (Å²) in [5.74, 6) is 0.810. The van der Waals surface area contributed by atoms with Crippen molar-refractivity contribution in [1.29, 1.82) is 0 Å². The van der Waals surface area contributed by atoms with Gasteiger partial charge in [-0.2, -0.15) is 0 Å². The van der Waals surface area contributed by atoms with Crippen LogP contribution in [0.25, 0.3) is 0 Å². The van der Waals surface area contributed by atoms with E-state index in [-0.39, 0.29) is 11.8 Å². The zero-order valence-corrected chi connectivity index (χ0v) is 15.2. The van der Waals surface area contributed by atoms with Crippen LogP contribution in [0.2, 0.25) is 0 Å². The van der Waals surface area contributed by atoms with Gasteiger partial charge in [0.2, 0.25) is 5.91 Å². The molecule has 0 fully saturated rings. The molecule has 2 heterocycles. The van der Waals surface area contributed by atoms with Gasteiger partial charge in [-0.3, -0.25) is 9.59 Å². The van der Waals surface area contributed by atoms with Crippen LogP contribution < -0.4 is 10.2 Å². The fourth-order valence-corrected chi connectivity index (χ4v) is 3.62. The maximum atomic E-state index is 12.5. The molecule has 0 saturated heterocycles. The fourth-order valence-electron chi connectivity index (χ4n) is 2.98. The van der Waals surface area contributed by atoms with E-state index in [0.717, 1.165) is 47.1 Å². The number of anilines is 2. The lowest BCUT2D eigenvalue weighted by Crippen LogP contribution is -2.33. The second-order valence-electron chi connectivity index (χ2n) is 5.89. The quantitative estimate of drug-likeness (QED) is 0.849. The summed E-state index contributed by atoms with van der Waals surface area (Å²) in [5.41, 5.74) is 3.38. The highest BCUT2D eigenvalue weighted by Crippen LogP contribution is 2.30. The average Bonchev–Trinajstić information content (AvgIpc) is 2.61. The molecular formula is C19H21N3O2S. The van der Waals surface area contributed by atoms with Crippen LogP contribution in [0, 0.1) is 0 Å². The number of aromatic nitrogens is 1. The highest BCUT2D eigenvalue weighted by atomic mass is 32.2. The topological polar surface area (TPSA) is 62.3 Å². The summed E-state index contributed by atoms with van der Waals surface area (Å²) >= 11 is 1.61. The van der Waals surface area contributed by atoms with Gasteiger partial charge in [-0.15, -0.1) is 11.8 Å². The van der Waals surface area contributed by atoms with Gasteiger partial charge < -0.3 is 10.2 Å². The van der Waals surface area contributed by atoms with E-state index in [1.807, 2.05) is 18.2 Å². The minimum atomic E-state index is -0.153. The number of fused-ring (bicyclic) bond motifs is 1. The molecule has 0 saturated carbocycles. The number of benzene rings is 1. The summed E-state index contributed by atoms with van der Waals surface area (Å²) in [7, 11) is 0. The van der Waals surface area contributed by atoms with Crippen LogP contribution in [0.5, 0.6) is 0 Å². The Kier molecular flexibility index (Phi) is 5.38. The van der Waals surface area contributed by atoms with Crippen LogP contribution in [0.4, 0.5) is 11.4 Å². The minimum Gasteiger partial charge on any atom is -0.322 e. The Morgan fingerprint density at radius 3 is 2.88 bits per heavy atom. The van der Waals surface area contributed by atoms with Crippen LogP contribution in [0.3, 0.4) is 0 Å². The molecule has 1 aromatic carbocycles. The van der Waals surface area contributed by atoms with Crippen molar-refractivity contribution in [2.75, 3.05) is 22.5 Å². The summed E-state index contributed by atoms with van der Waals surface area (Å²) in [6, 6.07) is 9.24. The normalized spacial score (nSPS) is 13.3. The van der Waals surface area contributed by atoms with E-state index in [9.17, 15) is 9.59 Å². The molecule has 3 rings (SSSR count). The van der Waals surface area contributed by atoms with E-state index < -0.39 is 0 Å². The molecule has 2 aromatic rings. The number of carbonyl (C=O) groups excluding carboxylic acids is 2. The Morgan fingerprint density at radius 1 is 1.28 bits per heavy atom. The van der Waals surface area contributed by atoms with Gasteiger partial charge in [-0.05, 0) is 54.5 Å². The summed E-state index contributed by atoms with van der Waals surface area (Å²) in [4.78, 5) is 30.3. The zero-order chi connectivity index (χ0) is 17.8. The predicted molar refractivity (Wildman–Crippen MR) is 101 cm³/mol. The van der Waals surface area contributed by atoms with Crippen molar-refractivity contribution in [2.24, 2.45) is 0 Å². The summed E-state index contributed by atoms with van der Waals surface area (Å²) in [5, 5.41) is 3.79. The van der Waals surface area contributed by atoms with Crippen LogP contribution in [-0.2, 0) is 11.2 Å². The molecule has 0 aliphatic carbocycles. The monoisotopic (exact) mass is 355 g/mol. The van der Waals surface area contributed by atoms with Crippen LogP contribution >= 0.6 is 11.8 Å². The maximum Gasteiger partial charge on any atom is 0.255 e. The SMILES string of the molecule is CCSc1cc(C(=O)Nc2ccc3c(c2)CCCN3C(C)=O)ccn1. The third-order valence-electron chi connectivity index (χ3n) is 4.13. The van der Waals surface area contributed by atoms with Gasteiger partial charge >= 0.3 is 0 Å². The Morgan fingerprint density at radius 2 is 2.12 bits per heavy atom. The maximum absolute atomic E-state index is 12.5. The summed E-state index contributed by atoms with van der Waals surface area (Å²) in [6.45, 7) is 4.39. The van der Waals surface area contributed by atoms with E-state index in [1.165, 1.54) is 0 Å². The van der Waals surface area contributed by atoms with Gasteiger partial charge in [0, 0.05) is 36.6 Å². The van der Waals surface area contributed by atoms with E-state index in [4.69, 9.17) is 0 Å². The third kappa shape index (κ3) is 4.02. The average molecular weight is 355 g/mol. The number of hydrogen-bond donors (Lipinski definition) is 1. The zero-order valence-electron chi connectivity index (χ0n) is 14.4. The number of nitrogens with zero attached hydrogens (tertiary/aromatic N) is 2. The minimum absolute atomic E-state index is 0.0514. The van der Waals surface area contributed by atoms with Crippen molar-refractivity contribution in [3.63, 3.8) is 0 Å². The number of amides is 2.